The smallest absolute Gasteiger partial charge is 0.303 e. The van der Waals surface area contributed by atoms with E-state index in [1.165, 1.54) is 6.20 Å². The average molecular weight is 323 g/mol. The van der Waals surface area contributed by atoms with Crippen LogP contribution in [-0.2, 0) is 17.2 Å². The number of alkyl halides is 2. The van der Waals surface area contributed by atoms with Crippen LogP contribution >= 0.6 is 0 Å². The van der Waals surface area contributed by atoms with Crippen molar-refractivity contribution in [2.45, 2.75) is 19.4 Å². The zero-order chi connectivity index (χ0) is 16.3. The molecular weight excluding hydrogens is 304 g/mol. The third-order valence-electron chi connectivity index (χ3n) is 3.73. The molecule has 6 nitrogen and oxygen atoms in total. The van der Waals surface area contributed by atoms with E-state index >= 15 is 0 Å². The number of hydrogen-bond acceptors (Lipinski definition) is 5. The van der Waals surface area contributed by atoms with Crippen LogP contribution < -0.4 is 0 Å². The lowest BCUT2D eigenvalue weighted by atomic mass is 10.2. The first-order valence-corrected chi connectivity index (χ1v) is 7.57. The summed E-state index contributed by atoms with van der Waals surface area (Å²) in [6.07, 6.45) is 4.81. The minimum absolute atomic E-state index is 0.453. The molecular formula is C15H19F2N5O. The molecule has 3 heterocycles. The monoisotopic (exact) mass is 323 g/mol. The van der Waals surface area contributed by atoms with Crippen LogP contribution in [0, 0.1) is 0 Å². The van der Waals surface area contributed by atoms with Crippen LogP contribution in [0.4, 0.5) is 8.78 Å². The van der Waals surface area contributed by atoms with Gasteiger partial charge in [0.15, 0.2) is 5.82 Å². The Hall–Kier alpha value is -1.93. The molecule has 0 amide bonds. The normalized spacial score (nSPS) is 16.7. The highest BCUT2D eigenvalue weighted by Gasteiger charge is 2.28. The second kappa shape index (κ2) is 6.67. The summed E-state index contributed by atoms with van der Waals surface area (Å²) in [6.45, 7) is 5.79. The molecule has 0 saturated carbocycles. The van der Waals surface area contributed by atoms with E-state index in [9.17, 15) is 8.78 Å². The third-order valence-corrected chi connectivity index (χ3v) is 3.73. The van der Waals surface area contributed by atoms with Crippen molar-refractivity contribution in [3.63, 3.8) is 0 Å². The van der Waals surface area contributed by atoms with Crippen LogP contribution in [0.15, 0.2) is 24.7 Å². The molecule has 8 heteroatoms. The van der Waals surface area contributed by atoms with E-state index in [1.54, 1.807) is 16.9 Å². The SMILES string of the molecule is CC(F)(F)c1nccc(-c2cnn(CCN3CCOCC3)c2)n1. The van der Waals surface area contributed by atoms with Gasteiger partial charge in [-0.3, -0.25) is 9.58 Å². The van der Waals surface area contributed by atoms with Crippen LogP contribution in [0.5, 0.6) is 0 Å². The van der Waals surface area contributed by atoms with Gasteiger partial charge < -0.3 is 4.74 Å². The largest absolute Gasteiger partial charge is 0.379 e. The van der Waals surface area contributed by atoms with E-state index in [1.807, 2.05) is 6.20 Å². The standard InChI is InChI=1S/C15H19F2N5O/c1-15(16,17)14-18-3-2-13(20-14)12-10-19-22(11-12)5-4-21-6-8-23-9-7-21/h2-3,10-11H,4-9H2,1H3. The van der Waals surface area contributed by atoms with E-state index in [0.717, 1.165) is 46.3 Å². The first-order chi connectivity index (χ1) is 11.0. The number of aromatic nitrogens is 4. The van der Waals surface area contributed by atoms with Crippen molar-refractivity contribution in [3.8, 4) is 11.3 Å². The molecule has 0 N–H and O–H groups in total. The van der Waals surface area contributed by atoms with Gasteiger partial charge >= 0.3 is 5.92 Å². The highest BCUT2D eigenvalue weighted by atomic mass is 19.3. The Balaban J connectivity index is 1.67. The van der Waals surface area contributed by atoms with Gasteiger partial charge in [-0.2, -0.15) is 13.9 Å². The van der Waals surface area contributed by atoms with Crippen LogP contribution in [-0.4, -0.2) is 57.5 Å². The van der Waals surface area contributed by atoms with Crippen molar-refractivity contribution in [1.29, 1.82) is 0 Å². The first-order valence-electron chi connectivity index (χ1n) is 7.57. The van der Waals surface area contributed by atoms with E-state index in [4.69, 9.17) is 4.74 Å². The molecule has 0 aromatic carbocycles. The number of halogens is 2. The van der Waals surface area contributed by atoms with Gasteiger partial charge in [0.25, 0.3) is 0 Å². The van der Waals surface area contributed by atoms with Gasteiger partial charge in [-0.1, -0.05) is 0 Å². The molecule has 0 bridgehead atoms. The molecule has 1 saturated heterocycles. The number of rotatable bonds is 5. The maximum atomic E-state index is 13.3. The van der Waals surface area contributed by atoms with E-state index in [2.05, 4.69) is 20.0 Å². The Labute approximate surface area is 133 Å². The zero-order valence-electron chi connectivity index (χ0n) is 13.0. The van der Waals surface area contributed by atoms with Crippen molar-refractivity contribution >= 4 is 0 Å². The van der Waals surface area contributed by atoms with Gasteiger partial charge in [-0.15, -0.1) is 0 Å². The highest BCUT2D eigenvalue weighted by molar-refractivity contribution is 5.56. The second-order valence-corrected chi connectivity index (χ2v) is 5.60. The number of morpholine rings is 1. The average Bonchev–Trinajstić information content (AvgIpc) is 3.02. The number of hydrogen-bond donors (Lipinski definition) is 0. The Kier molecular flexibility index (Phi) is 4.63. The summed E-state index contributed by atoms with van der Waals surface area (Å²) in [4.78, 5) is 9.88. The Morgan fingerprint density at radius 3 is 2.78 bits per heavy atom. The highest BCUT2D eigenvalue weighted by Crippen LogP contribution is 2.25. The maximum absolute atomic E-state index is 13.3. The Bertz CT molecular complexity index is 649. The quantitative estimate of drug-likeness (QED) is 0.839. The predicted octanol–water partition coefficient (Wildman–Crippen LogP) is 1.78. The minimum Gasteiger partial charge on any atom is -0.379 e. The molecule has 124 valence electrons. The van der Waals surface area contributed by atoms with Crippen LogP contribution in [0.1, 0.15) is 12.7 Å². The summed E-state index contributed by atoms with van der Waals surface area (Å²) in [6, 6.07) is 1.61. The molecule has 1 aliphatic rings. The lowest BCUT2D eigenvalue weighted by molar-refractivity contribution is 0.00779. The molecule has 2 aromatic heterocycles. The minimum atomic E-state index is -3.05. The van der Waals surface area contributed by atoms with Gasteiger partial charge in [0.1, 0.15) is 0 Å². The number of ether oxygens (including phenoxy) is 1. The summed E-state index contributed by atoms with van der Waals surface area (Å²) < 4.78 is 33.8. The fourth-order valence-electron chi connectivity index (χ4n) is 2.42. The molecule has 2 aromatic rings. The van der Waals surface area contributed by atoms with Gasteiger partial charge in [0.2, 0.25) is 0 Å². The molecule has 0 spiro atoms. The molecule has 1 aliphatic heterocycles. The summed E-state index contributed by atoms with van der Waals surface area (Å²) in [7, 11) is 0. The molecule has 3 rings (SSSR count). The predicted molar refractivity (Wildman–Crippen MR) is 80.1 cm³/mol. The molecule has 0 radical (unpaired) electrons. The second-order valence-electron chi connectivity index (χ2n) is 5.60. The third kappa shape index (κ3) is 4.08. The summed E-state index contributed by atoms with van der Waals surface area (Å²) in [5.41, 5.74) is 1.16. The first kappa shape index (κ1) is 15.9. The molecule has 0 atom stereocenters. The van der Waals surface area contributed by atoms with E-state index < -0.39 is 11.7 Å². The summed E-state index contributed by atoms with van der Waals surface area (Å²) >= 11 is 0. The fraction of sp³-hybridized carbons (Fsp3) is 0.533. The lowest BCUT2D eigenvalue weighted by Crippen LogP contribution is -2.38. The van der Waals surface area contributed by atoms with E-state index in [-0.39, 0.29) is 0 Å². The van der Waals surface area contributed by atoms with E-state index in [0.29, 0.717) is 11.3 Å². The number of nitrogens with zero attached hydrogens (tertiary/aromatic N) is 5. The van der Waals surface area contributed by atoms with Crippen molar-refractivity contribution in [2.75, 3.05) is 32.8 Å². The van der Waals surface area contributed by atoms with Crippen LogP contribution in [0.2, 0.25) is 0 Å². The van der Waals surface area contributed by atoms with Gasteiger partial charge in [0.05, 0.1) is 31.6 Å². The molecule has 1 fully saturated rings. The Morgan fingerprint density at radius 2 is 2.04 bits per heavy atom. The van der Waals surface area contributed by atoms with Gasteiger partial charge in [-0.05, 0) is 6.07 Å². The maximum Gasteiger partial charge on any atom is 0.303 e. The lowest BCUT2D eigenvalue weighted by Gasteiger charge is -2.26. The molecule has 0 aliphatic carbocycles. The van der Waals surface area contributed by atoms with Crippen molar-refractivity contribution in [2.24, 2.45) is 0 Å². The molecule has 0 unspecified atom stereocenters. The fourth-order valence-corrected chi connectivity index (χ4v) is 2.42. The van der Waals surface area contributed by atoms with Crippen LogP contribution in [0.25, 0.3) is 11.3 Å². The molecule has 23 heavy (non-hydrogen) atoms. The van der Waals surface area contributed by atoms with Crippen molar-refractivity contribution in [3.05, 3.63) is 30.5 Å². The Morgan fingerprint density at radius 1 is 1.26 bits per heavy atom. The summed E-state index contributed by atoms with van der Waals surface area (Å²) in [5.74, 6) is -3.53. The van der Waals surface area contributed by atoms with Crippen molar-refractivity contribution in [1.82, 2.24) is 24.6 Å². The van der Waals surface area contributed by atoms with Gasteiger partial charge in [0, 0.05) is 44.5 Å². The zero-order valence-corrected chi connectivity index (χ0v) is 13.0. The van der Waals surface area contributed by atoms with Crippen molar-refractivity contribution < 1.29 is 13.5 Å². The summed E-state index contributed by atoms with van der Waals surface area (Å²) in [5, 5.41) is 4.28. The van der Waals surface area contributed by atoms with Gasteiger partial charge in [-0.25, -0.2) is 9.97 Å². The topological polar surface area (TPSA) is 56.1 Å². The van der Waals surface area contributed by atoms with Crippen LogP contribution in [0.3, 0.4) is 0 Å².